The zero-order valence-electron chi connectivity index (χ0n) is 13.7. The lowest BCUT2D eigenvalue weighted by Gasteiger charge is -2.18. The minimum absolute atomic E-state index is 0.336. The molecule has 0 N–H and O–H groups in total. The first-order chi connectivity index (χ1) is 11.3. The van der Waals surface area contributed by atoms with Gasteiger partial charge in [0.15, 0.2) is 0 Å². The van der Waals surface area contributed by atoms with Gasteiger partial charge in [0.1, 0.15) is 20.0 Å². The van der Waals surface area contributed by atoms with Gasteiger partial charge in [-0.15, -0.1) is 5.10 Å². The van der Waals surface area contributed by atoms with E-state index in [1.807, 2.05) is 27.3 Å². The lowest BCUT2D eigenvalue weighted by Crippen LogP contribution is -2.44. The molecule has 0 unspecified atom stereocenters. The normalized spacial score (nSPS) is 18.1. The van der Waals surface area contributed by atoms with Crippen LogP contribution in [0.5, 0.6) is 0 Å². The minimum atomic E-state index is -1.58. The number of hydrogen-bond donors (Lipinski definition) is 0. The van der Waals surface area contributed by atoms with Crippen LogP contribution >= 0.6 is 22.6 Å². The smallest absolute Gasteiger partial charge is 0.414 e. The molecule has 1 aliphatic rings. The number of benzene rings is 1. The number of amides is 1. The molecule has 1 aromatic heterocycles. The summed E-state index contributed by atoms with van der Waals surface area (Å²) < 4.78 is 21.5. The number of carbonyl (C=O) groups is 1. The molecule has 0 aliphatic carbocycles. The van der Waals surface area contributed by atoms with Gasteiger partial charge in [-0.25, -0.2) is 9.18 Å². The average Bonchev–Trinajstić information content (AvgIpc) is 3.09. The predicted molar refractivity (Wildman–Crippen MR) is 99.7 cm³/mol. The number of ether oxygens (including phenoxy) is 1. The summed E-state index contributed by atoms with van der Waals surface area (Å²) in [4.78, 5) is 13.6. The van der Waals surface area contributed by atoms with Gasteiger partial charge in [-0.1, -0.05) is 24.9 Å². The first kappa shape index (κ1) is 17.3. The Morgan fingerprint density at radius 2 is 2.17 bits per heavy atom. The van der Waals surface area contributed by atoms with Gasteiger partial charge in [0.05, 0.1) is 25.0 Å². The van der Waals surface area contributed by atoms with Crippen molar-refractivity contribution in [1.29, 1.82) is 0 Å². The van der Waals surface area contributed by atoms with E-state index in [-0.39, 0.29) is 11.9 Å². The molecule has 3 rings (SSSR count). The van der Waals surface area contributed by atoms with Crippen molar-refractivity contribution in [3.8, 4) is 0 Å². The predicted octanol–water partition coefficient (Wildman–Crippen LogP) is 2.59. The van der Waals surface area contributed by atoms with Crippen molar-refractivity contribution >= 4 is 47.8 Å². The standard InChI is InChI=1S/C15H18FIN4O2Si/c1-24(2,3)14-7-18-19-21(14)9-11-8-20(15(22)23-11)10-4-5-13(17)12(16)6-10/h4-7,11H,8-9H2,1-3H3/t11-/m1/s1. The van der Waals surface area contributed by atoms with E-state index in [2.05, 4.69) is 30.0 Å². The van der Waals surface area contributed by atoms with Gasteiger partial charge in [-0.05, 0) is 40.8 Å². The molecule has 0 spiro atoms. The summed E-state index contributed by atoms with van der Waals surface area (Å²) in [5.74, 6) is -0.346. The van der Waals surface area contributed by atoms with Crippen LogP contribution in [-0.2, 0) is 11.3 Å². The van der Waals surface area contributed by atoms with E-state index in [1.165, 1.54) is 11.0 Å². The minimum Gasteiger partial charge on any atom is -0.442 e. The Morgan fingerprint density at radius 1 is 1.42 bits per heavy atom. The Balaban J connectivity index is 1.76. The molecule has 0 saturated carbocycles. The third-order valence-corrected chi connectivity index (χ3v) is 6.65. The summed E-state index contributed by atoms with van der Waals surface area (Å²) >= 11 is 1.91. The molecule has 1 amide bonds. The highest BCUT2D eigenvalue weighted by Crippen LogP contribution is 2.25. The first-order valence-electron chi connectivity index (χ1n) is 7.58. The van der Waals surface area contributed by atoms with Gasteiger partial charge < -0.3 is 4.74 Å². The highest BCUT2D eigenvalue weighted by Gasteiger charge is 2.34. The van der Waals surface area contributed by atoms with Crippen LogP contribution < -0.4 is 10.2 Å². The fraction of sp³-hybridized carbons (Fsp3) is 0.400. The zero-order valence-corrected chi connectivity index (χ0v) is 16.8. The van der Waals surface area contributed by atoms with Crippen molar-refractivity contribution < 1.29 is 13.9 Å². The van der Waals surface area contributed by atoms with Crippen LogP contribution in [0.2, 0.25) is 19.6 Å². The maximum Gasteiger partial charge on any atom is 0.414 e. The third-order valence-electron chi connectivity index (χ3n) is 3.85. The van der Waals surface area contributed by atoms with Gasteiger partial charge in [-0.3, -0.25) is 9.58 Å². The zero-order chi connectivity index (χ0) is 17.5. The molecule has 6 nitrogen and oxygen atoms in total. The molecular formula is C15H18FIN4O2Si. The number of rotatable bonds is 4. The molecular weight excluding hydrogens is 442 g/mol. The highest BCUT2D eigenvalue weighted by molar-refractivity contribution is 14.1. The molecule has 1 aliphatic heterocycles. The number of halogens is 2. The molecule has 1 atom stereocenters. The fourth-order valence-corrected chi connectivity index (χ4v) is 4.34. The van der Waals surface area contributed by atoms with Gasteiger partial charge in [0.25, 0.3) is 0 Å². The quantitative estimate of drug-likeness (QED) is 0.520. The summed E-state index contributed by atoms with van der Waals surface area (Å²) in [6.45, 7) is 7.45. The Morgan fingerprint density at radius 3 is 2.83 bits per heavy atom. The lowest BCUT2D eigenvalue weighted by molar-refractivity contribution is 0.129. The second-order valence-electron chi connectivity index (χ2n) is 6.77. The largest absolute Gasteiger partial charge is 0.442 e. The van der Waals surface area contributed by atoms with E-state index < -0.39 is 14.2 Å². The van der Waals surface area contributed by atoms with Crippen molar-refractivity contribution in [3.63, 3.8) is 0 Å². The van der Waals surface area contributed by atoms with Crippen molar-refractivity contribution in [2.45, 2.75) is 32.3 Å². The molecule has 1 saturated heterocycles. The van der Waals surface area contributed by atoms with Gasteiger partial charge in [0, 0.05) is 8.89 Å². The Labute approximate surface area is 154 Å². The molecule has 24 heavy (non-hydrogen) atoms. The Kier molecular flexibility index (Phi) is 4.64. The Hall–Kier alpha value is -1.49. The van der Waals surface area contributed by atoms with Gasteiger partial charge >= 0.3 is 6.09 Å². The summed E-state index contributed by atoms with van der Waals surface area (Å²) in [7, 11) is -1.58. The van der Waals surface area contributed by atoms with E-state index in [0.717, 1.165) is 5.32 Å². The van der Waals surface area contributed by atoms with Gasteiger partial charge in [-0.2, -0.15) is 0 Å². The van der Waals surface area contributed by atoms with E-state index in [4.69, 9.17) is 4.74 Å². The number of aromatic nitrogens is 3. The number of cyclic esters (lactones) is 1. The average molecular weight is 460 g/mol. The molecule has 2 aromatic rings. The lowest BCUT2D eigenvalue weighted by atomic mass is 10.2. The van der Waals surface area contributed by atoms with Gasteiger partial charge in [0.2, 0.25) is 0 Å². The second-order valence-corrected chi connectivity index (χ2v) is 12.9. The van der Waals surface area contributed by atoms with Crippen LogP contribution in [0.3, 0.4) is 0 Å². The maximum absolute atomic E-state index is 13.7. The monoisotopic (exact) mass is 460 g/mol. The molecule has 1 aromatic carbocycles. The van der Waals surface area contributed by atoms with Crippen molar-refractivity contribution in [2.75, 3.05) is 11.4 Å². The molecule has 128 valence electrons. The van der Waals surface area contributed by atoms with E-state index in [0.29, 0.717) is 22.3 Å². The van der Waals surface area contributed by atoms with Crippen molar-refractivity contribution in [1.82, 2.24) is 15.0 Å². The van der Waals surface area contributed by atoms with Crippen LogP contribution in [0.25, 0.3) is 0 Å². The summed E-state index contributed by atoms with van der Waals surface area (Å²) in [5, 5.41) is 9.23. The molecule has 1 fully saturated rings. The van der Waals surface area contributed by atoms with Crippen LogP contribution in [-0.4, -0.2) is 41.8 Å². The van der Waals surface area contributed by atoms with E-state index >= 15 is 0 Å². The maximum atomic E-state index is 13.7. The van der Waals surface area contributed by atoms with Crippen LogP contribution in [0.15, 0.2) is 24.4 Å². The number of hydrogen-bond acceptors (Lipinski definition) is 4. The summed E-state index contributed by atoms with van der Waals surface area (Å²) in [6, 6.07) is 4.72. The van der Waals surface area contributed by atoms with E-state index in [1.54, 1.807) is 18.3 Å². The Bertz CT molecular complexity index is 777. The van der Waals surface area contributed by atoms with Crippen LogP contribution in [0.1, 0.15) is 0 Å². The highest BCUT2D eigenvalue weighted by atomic mass is 127. The molecule has 0 bridgehead atoms. The first-order valence-corrected chi connectivity index (χ1v) is 12.2. The van der Waals surface area contributed by atoms with Crippen LogP contribution in [0, 0.1) is 9.39 Å². The fourth-order valence-electron chi connectivity index (χ4n) is 2.65. The summed E-state index contributed by atoms with van der Waals surface area (Å²) in [5.41, 5.74) is 0.504. The number of anilines is 1. The molecule has 2 heterocycles. The summed E-state index contributed by atoms with van der Waals surface area (Å²) in [6.07, 6.45) is 0.988. The number of nitrogens with zero attached hydrogens (tertiary/aromatic N) is 4. The second kappa shape index (κ2) is 6.43. The SMILES string of the molecule is C[Si](C)(C)c1cnnn1C[C@H]1CN(c2ccc(I)c(F)c2)C(=O)O1. The molecule has 0 radical (unpaired) electrons. The van der Waals surface area contributed by atoms with Crippen molar-refractivity contribution in [3.05, 3.63) is 33.8 Å². The topological polar surface area (TPSA) is 60.2 Å². The molecule has 9 heteroatoms. The van der Waals surface area contributed by atoms with Crippen LogP contribution in [0.4, 0.5) is 14.9 Å². The van der Waals surface area contributed by atoms with E-state index in [9.17, 15) is 9.18 Å². The van der Waals surface area contributed by atoms with Crippen molar-refractivity contribution in [2.24, 2.45) is 0 Å². The number of carbonyl (C=O) groups excluding carboxylic acids is 1. The third kappa shape index (κ3) is 3.46.